The molecule has 0 bridgehead atoms. The van der Waals surface area contributed by atoms with E-state index < -0.39 is 5.79 Å². The number of halogens is 2. The van der Waals surface area contributed by atoms with Crippen molar-refractivity contribution in [1.29, 1.82) is 0 Å². The highest BCUT2D eigenvalue weighted by Gasteiger charge is 2.41. The van der Waals surface area contributed by atoms with Gasteiger partial charge in [-0.15, -0.1) is 0 Å². The van der Waals surface area contributed by atoms with Crippen molar-refractivity contribution in [3.8, 4) is 0 Å². The molecule has 0 spiro atoms. The van der Waals surface area contributed by atoms with Crippen LogP contribution in [0, 0.1) is 0 Å². The minimum absolute atomic E-state index is 0.0255. The molecule has 1 N–H and O–H groups in total. The van der Waals surface area contributed by atoms with Gasteiger partial charge in [-0.05, 0) is 30.7 Å². The quantitative estimate of drug-likeness (QED) is 0.812. The van der Waals surface area contributed by atoms with Gasteiger partial charge in [0.05, 0.1) is 19.3 Å². The number of rotatable bonds is 6. The van der Waals surface area contributed by atoms with Crippen molar-refractivity contribution in [3.63, 3.8) is 0 Å². The van der Waals surface area contributed by atoms with Crippen molar-refractivity contribution in [3.05, 3.63) is 33.8 Å². The normalized spacial score (nSPS) is 21.4. The van der Waals surface area contributed by atoms with Crippen LogP contribution in [0.15, 0.2) is 18.2 Å². The topological polar surface area (TPSA) is 39.7 Å². The molecule has 1 aromatic carbocycles. The third-order valence-corrected chi connectivity index (χ3v) is 4.64. The largest absolute Gasteiger partial charge is 0.379 e. The second-order valence-corrected chi connectivity index (χ2v) is 5.82. The van der Waals surface area contributed by atoms with Crippen molar-refractivity contribution in [1.82, 2.24) is 5.32 Å². The number of methoxy groups -OCH3 is 2. The lowest BCUT2D eigenvalue weighted by molar-refractivity contribution is -0.258. The van der Waals surface area contributed by atoms with Gasteiger partial charge in [0.25, 0.3) is 0 Å². The van der Waals surface area contributed by atoms with Crippen LogP contribution in [0.2, 0.25) is 10.0 Å². The first kappa shape index (κ1) is 17.0. The van der Waals surface area contributed by atoms with Gasteiger partial charge in [0.2, 0.25) is 0 Å². The molecule has 1 saturated heterocycles. The van der Waals surface area contributed by atoms with Gasteiger partial charge in [-0.1, -0.05) is 29.3 Å². The minimum atomic E-state index is -0.636. The lowest BCUT2D eigenvalue weighted by Gasteiger charge is -2.41. The zero-order valence-electron chi connectivity index (χ0n) is 12.3. The van der Waals surface area contributed by atoms with Crippen molar-refractivity contribution in [2.24, 2.45) is 0 Å². The van der Waals surface area contributed by atoms with Crippen LogP contribution in [0.1, 0.15) is 12.0 Å². The van der Waals surface area contributed by atoms with Crippen LogP contribution in [0.4, 0.5) is 0 Å². The first-order valence-corrected chi connectivity index (χ1v) is 7.73. The monoisotopic (exact) mass is 333 g/mol. The third-order valence-electron chi connectivity index (χ3n) is 3.93. The summed E-state index contributed by atoms with van der Waals surface area (Å²) < 4.78 is 16.7. The smallest absolute Gasteiger partial charge is 0.187 e. The Balaban J connectivity index is 1.95. The number of benzene rings is 1. The Morgan fingerprint density at radius 2 is 1.95 bits per heavy atom. The summed E-state index contributed by atoms with van der Waals surface area (Å²) >= 11 is 12.4. The molecule has 0 amide bonds. The summed E-state index contributed by atoms with van der Waals surface area (Å²) in [5.41, 5.74) is 0.950. The fourth-order valence-corrected chi connectivity index (χ4v) is 3.23. The molecule has 1 atom stereocenters. The summed E-state index contributed by atoms with van der Waals surface area (Å²) in [4.78, 5) is 0. The first-order chi connectivity index (χ1) is 10.1. The number of ether oxygens (including phenoxy) is 3. The van der Waals surface area contributed by atoms with Crippen molar-refractivity contribution in [2.75, 3.05) is 34.0 Å². The highest BCUT2D eigenvalue weighted by molar-refractivity contribution is 6.35. The Hall–Kier alpha value is -0.360. The van der Waals surface area contributed by atoms with Gasteiger partial charge < -0.3 is 19.5 Å². The average molecular weight is 334 g/mol. The fourth-order valence-electron chi connectivity index (χ4n) is 2.65. The Bertz CT molecular complexity index is 446. The molecule has 21 heavy (non-hydrogen) atoms. The van der Waals surface area contributed by atoms with Gasteiger partial charge in [-0.2, -0.15) is 0 Å². The van der Waals surface area contributed by atoms with E-state index in [-0.39, 0.29) is 6.04 Å². The van der Waals surface area contributed by atoms with Gasteiger partial charge in [-0.25, -0.2) is 0 Å². The Kier molecular flexibility index (Phi) is 6.29. The predicted octanol–water partition coefficient (Wildman–Crippen LogP) is 2.90. The molecule has 6 heteroatoms. The SMILES string of the molecule is COC1(OC)CCOCC1NCCc1c(Cl)cccc1Cl. The van der Waals surface area contributed by atoms with Crippen molar-refractivity contribution in [2.45, 2.75) is 24.7 Å². The highest BCUT2D eigenvalue weighted by Crippen LogP contribution is 2.27. The second kappa shape index (κ2) is 7.77. The Morgan fingerprint density at radius 1 is 1.29 bits per heavy atom. The van der Waals surface area contributed by atoms with E-state index in [2.05, 4.69) is 5.32 Å². The molecule has 118 valence electrons. The average Bonchev–Trinajstić information content (AvgIpc) is 2.50. The molecule has 0 saturated carbocycles. The Morgan fingerprint density at radius 3 is 2.57 bits per heavy atom. The molecule has 1 heterocycles. The summed E-state index contributed by atoms with van der Waals surface area (Å²) in [6.07, 6.45) is 1.43. The number of nitrogens with one attached hydrogen (secondary N) is 1. The van der Waals surface area contributed by atoms with Crippen LogP contribution in [0.5, 0.6) is 0 Å². The van der Waals surface area contributed by atoms with E-state index in [4.69, 9.17) is 37.4 Å². The van der Waals surface area contributed by atoms with Gasteiger partial charge in [-0.3, -0.25) is 0 Å². The molecule has 1 aromatic rings. The maximum absolute atomic E-state index is 6.18. The standard InChI is InChI=1S/C15H21Cl2NO3/c1-19-15(20-2)7-9-21-10-14(15)18-8-6-11-12(16)4-3-5-13(11)17/h3-5,14,18H,6-10H2,1-2H3. The van der Waals surface area contributed by atoms with Gasteiger partial charge in [0, 0.05) is 30.7 Å². The predicted molar refractivity (Wildman–Crippen MR) is 84.1 cm³/mol. The van der Waals surface area contributed by atoms with E-state index in [1.54, 1.807) is 14.2 Å². The summed E-state index contributed by atoms with van der Waals surface area (Å²) in [5.74, 6) is -0.636. The van der Waals surface area contributed by atoms with E-state index in [0.717, 1.165) is 12.0 Å². The summed E-state index contributed by atoms with van der Waals surface area (Å²) in [7, 11) is 3.32. The van der Waals surface area contributed by atoms with Gasteiger partial charge in [0.15, 0.2) is 5.79 Å². The molecule has 1 aliphatic rings. The van der Waals surface area contributed by atoms with E-state index in [1.807, 2.05) is 18.2 Å². The van der Waals surface area contributed by atoms with Crippen LogP contribution in [-0.4, -0.2) is 45.8 Å². The van der Waals surface area contributed by atoms with Crippen molar-refractivity contribution >= 4 is 23.2 Å². The Labute approximate surface area is 135 Å². The first-order valence-electron chi connectivity index (χ1n) is 6.97. The molecular formula is C15H21Cl2NO3. The molecule has 4 nitrogen and oxygen atoms in total. The molecule has 0 aliphatic carbocycles. The molecule has 1 unspecified atom stereocenters. The van der Waals surface area contributed by atoms with E-state index in [9.17, 15) is 0 Å². The van der Waals surface area contributed by atoms with Gasteiger partial charge in [0.1, 0.15) is 0 Å². The number of hydrogen-bond donors (Lipinski definition) is 1. The molecule has 1 aliphatic heterocycles. The van der Waals surface area contributed by atoms with Crippen LogP contribution in [0.3, 0.4) is 0 Å². The molecule has 0 aromatic heterocycles. The second-order valence-electron chi connectivity index (χ2n) is 5.00. The summed E-state index contributed by atoms with van der Waals surface area (Å²) in [6.45, 7) is 1.90. The summed E-state index contributed by atoms with van der Waals surface area (Å²) in [6, 6.07) is 5.52. The molecule has 1 fully saturated rings. The van der Waals surface area contributed by atoms with E-state index in [0.29, 0.717) is 36.2 Å². The lowest BCUT2D eigenvalue weighted by atomic mass is 10.0. The molecular weight excluding hydrogens is 313 g/mol. The fraction of sp³-hybridized carbons (Fsp3) is 0.600. The maximum Gasteiger partial charge on any atom is 0.187 e. The van der Waals surface area contributed by atoms with Gasteiger partial charge >= 0.3 is 0 Å². The van der Waals surface area contributed by atoms with E-state index >= 15 is 0 Å². The maximum atomic E-state index is 6.18. The zero-order valence-corrected chi connectivity index (χ0v) is 13.8. The van der Waals surface area contributed by atoms with Crippen molar-refractivity contribution < 1.29 is 14.2 Å². The lowest BCUT2D eigenvalue weighted by Crippen LogP contribution is -2.59. The van der Waals surface area contributed by atoms with Crippen LogP contribution in [0.25, 0.3) is 0 Å². The molecule has 0 radical (unpaired) electrons. The minimum Gasteiger partial charge on any atom is -0.379 e. The summed E-state index contributed by atoms with van der Waals surface area (Å²) in [5, 5.41) is 4.80. The van der Waals surface area contributed by atoms with Crippen LogP contribution < -0.4 is 5.32 Å². The van der Waals surface area contributed by atoms with Crippen LogP contribution in [-0.2, 0) is 20.6 Å². The highest BCUT2D eigenvalue weighted by atomic mass is 35.5. The number of hydrogen-bond acceptors (Lipinski definition) is 4. The van der Waals surface area contributed by atoms with E-state index in [1.165, 1.54) is 0 Å². The third kappa shape index (κ3) is 3.89. The molecule has 2 rings (SSSR count). The zero-order chi connectivity index (χ0) is 15.3. The van der Waals surface area contributed by atoms with Crippen LogP contribution >= 0.6 is 23.2 Å².